The monoisotopic (exact) mass is 324 g/mol. The largest absolute Gasteiger partial charge is 0.496 e. The van der Waals surface area contributed by atoms with Crippen LogP contribution in [-0.2, 0) is 6.54 Å². The molecule has 0 N–H and O–H groups in total. The Morgan fingerprint density at radius 2 is 2.21 bits per heavy atom. The molecular weight excluding hydrogens is 304 g/mol. The number of piperazine rings is 1. The van der Waals surface area contributed by atoms with Crippen molar-refractivity contribution in [2.24, 2.45) is 0 Å². The average molecular weight is 325 g/mol. The molecule has 1 unspecified atom stereocenters. The van der Waals surface area contributed by atoms with E-state index in [0.717, 1.165) is 22.8 Å². The Hall–Kier alpha value is -0.580. The van der Waals surface area contributed by atoms with Gasteiger partial charge in [-0.2, -0.15) is 0 Å². The molecule has 0 aromatic heterocycles. The highest BCUT2D eigenvalue weighted by atomic mass is 79.9. The number of benzene rings is 1. The first-order valence-electron chi connectivity index (χ1n) is 7.05. The van der Waals surface area contributed by atoms with Crippen LogP contribution >= 0.6 is 15.9 Å². The second kappa shape index (κ2) is 5.81. The Labute approximate surface area is 123 Å². The number of ether oxygens (including phenoxy) is 1. The van der Waals surface area contributed by atoms with Crippen molar-refractivity contribution in [3.63, 3.8) is 0 Å². The molecule has 0 radical (unpaired) electrons. The zero-order valence-corrected chi connectivity index (χ0v) is 13.0. The van der Waals surface area contributed by atoms with Crippen molar-refractivity contribution < 1.29 is 4.74 Å². The maximum Gasteiger partial charge on any atom is 0.123 e. The standard InChI is InChI=1S/C15H21BrN2O/c1-19-15-5-4-13(16)9-12(15)10-17-7-8-18-6-2-3-14(18)11-17/h4-5,9,14H,2-3,6-8,10-11H2,1H3. The van der Waals surface area contributed by atoms with Gasteiger partial charge in [0.1, 0.15) is 5.75 Å². The first kappa shape index (κ1) is 13.4. The van der Waals surface area contributed by atoms with Gasteiger partial charge >= 0.3 is 0 Å². The third-order valence-electron chi connectivity index (χ3n) is 4.31. The fourth-order valence-corrected chi connectivity index (χ4v) is 3.72. The van der Waals surface area contributed by atoms with E-state index in [4.69, 9.17) is 4.74 Å². The van der Waals surface area contributed by atoms with Gasteiger partial charge in [0, 0.05) is 42.3 Å². The molecule has 104 valence electrons. The molecule has 0 bridgehead atoms. The second-order valence-corrected chi connectivity index (χ2v) is 6.44. The zero-order chi connectivity index (χ0) is 13.2. The van der Waals surface area contributed by atoms with Gasteiger partial charge in [-0.1, -0.05) is 15.9 Å². The van der Waals surface area contributed by atoms with Crippen molar-refractivity contribution in [1.82, 2.24) is 9.80 Å². The van der Waals surface area contributed by atoms with Gasteiger partial charge in [0.2, 0.25) is 0 Å². The predicted molar refractivity (Wildman–Crippen MR) is 80.6 cm³/mol. The van der Waals surface area contributed by atoms with Crippen LogP contribution in [0.25, 0.3) is 0 Å². The van der Waals surface area contributed by atoms with Crippen LogP contribution in [0.5, 0.6) is 5.75 Å². The smallest absolute Gasteiger partial charge is 0.123 e. The number of methoxy groups -OCH3 is 1. The van der Waals surface area contributed by atoms with Gasteiger partial charge in [0.05, 0.1) is 7.11 Å². The van der Waals surface area contributed by atoms with Crippen molar-refractivity contribution in [1.29, 1.82) is 0 Å². The number of hydrogen-bond donors (Lipinski definition) is 0. The summed E-state index contributed by atoms with van der Waals surface area (Å²) in [6.07, 6.45) is 2.74. The van der Waals surface area contributed by atoms with Crippen molar-refractivity contribution in [3.8, 4) is 5.75 Å². The van der Waals surface area contributed by atoms with Gasteiger partial charge in [-0.15, -0.1) is 0 Å². The average Bonchev–Trinajstić information content (AvgIpc) is 2.86. The van der Waals surface area contributed by atoms with Gasteiger partial charge in [0.25, 0.3) is 0 Å². The summed E-state index contributed by atoms with van der Waals surface area (Å²) in [6, 6.07) is 7.05. The van der Waals surface area contributed by atoms with Gasteiger partial charge in [0.15, 0.2) is 0 Å². The molecule has 2 fully saturated rings. The molecule has 3 rings (SSSR count). The number of hydrogen-bond acceptors (Lipinski definition) is 3. The molecular formula is C15H21BrN2O. The maximum absolute atomic E-state index is 5.47. The molecule has 0 aliphatic carbocycles. The number of nitrogens with zero attached hydrogens (tertiary/aromatic N) is 2. The molecule has 1 atom stereocenters. The SMILES string of the molecule is COc1ccc(Br)cc1CN1CCN2CCCC2C1. The van der Waals surface area contributed by atoms with E-state index in [-0.39, 0.29) is 0 Å². The fourth-order valence-electron chi connectivity index (χ4n) is 3.31. The van der Waals surface area contributed by atoms with Crippen LogP contribution in [0.1, 0.15) is 18.4 Å². The summed E-state index contributed by atoms with van der Waals surface area (Å²) in [4.78, 5) is 5.21. The Balaban J connectivity index is 1.69. The predicted octanol–water partition coefficient (Wildman–Crippen LogP) is 2.74. The maximum atomic E-state index is 5.47. The first-order chi connectivity index (χ1) is 9.26. The van der Waals surface area contributed by atoms with E-state index in [2.05, 4.69) is 31.8 Å². The minimum absolute atomic E-state index is 0.784. The van der Waals surface area contributed by atoms with E-state index < -0.39 is 0 Å². The van der Waals surface area contributed by atoms with Crippen molar-refractivity contribution >= 4 is 15.9 Å². The van der Waals surface area contributed by atoms with E-state index >= 15 is 0 Å². The highest BCUT2D eigenvalue weighted by molar-refractivity contribution is 9.10. The van der Waals surface area contributed by atoms with E-state index in [0.29, 0.717) is 0 Å². The summed E-state index contributed by atoms with van der Waals surface area (Å²) in [7, 11) is 1.75. The van der Waals surface area contributed by atoms with Gasteiger partial charge in [-0.05, 0) is 37.6 Å². The molecule has 1 aromatic carbocycles. The molecule has 4 heteroatoms. The van der Waals surface area contributed by atoms with Crippen LogP contribution in [0, 0.1) is 0 Å². The molecule has 0 amide bonds. The molecule has 19 heavy (non-hydrogen) atoms. The fraction of sp³-hybridized carbons (Fsp3) is 0.600. The summed E-state index contributed by atoms with van der Waals surface area (Å²) in [5.41, 5.74) is 1.28. The van der Waals surface area contributed by atoms with E-state index in [1.54, 1.807) is 7.11 Å². The van der Waals surface area contributed by atoms with Gasteiger partial charge in [-0.3, -0.25) is 9.80 Å². The van der Waals surface area contributed by atoms with Crippen LogP contribution in [0.15, 0.2) is 22.7 Å². The summed E-state index contributed by atoms with van der Waals surface area (Å²) in [5, 5.41) is 0. The normalized spacial score (nSPS) is 24.4. The first-order valence-corrected chi connectivity index (χ1v) is 7.84. The number of fused-ring (bicyclic) bond motifs is 1. The third-order valence-corrected chi connectivity index (χ3v) is 4.80. The minimum Gasteiger partial charge on any atom is -0.496 e. The molecule has 2 aliphatic rings. The zero-order valence-electron chi connectivity index (χ0n) is 11.4. The lowest BCUT2D eigenvalue weighted by Gasteiger charge is -2.37. The minimum atomic E-state index is 0.784. The summed E-state index contributed by atoms with van der Waals surface area (Å²) in [5.74, 6) is 0.997. The highest BCUT2D eigenvalue weighted by Crippen LogP contribution is 2.27. The Morgan fingerprint density at radius 3 is 3.05 bits per heavy atom. The summed E-state index contributed by atoms with van der Waals surface area (Å²) >= 11 is 3.55. The Kier molecular flexibility index (Phi) is 4.10. The second-order valence-electron chi connectivity index (χ2n) is 5.52. The van der Waals surface area contributed by atoms with Crippen molar-refractivity contribution in [2.75, 3.05) is 33.3 Å². The molecule has 2 aliphatic heterocycles. The molecule has 2 heterocycles. The van der Waals surface area contributed by atoms with Gasteiger partial charge in [-0.25, -0.2) is 0 Å². The number of halogens is 1. The van der Waals surface area contributed by atoms with Crippen LogP contribution < -0.4 is 4.74 Å². The summed E-state index contributed by atoms with van der Waals surface area (Å²) in [6.45, 7) is 5.90. The van der Waals surface area contributed by atoms with Gasteiger partial charge < -0.3 is 4.74 Å². The molecule has 2 saturated heterocycles. The molecule has 3 nitrogen and oxygen atoms in total. The van der Waals surface area contributed by atoms with Crippen LogP contribution in [-0.4, -0.2) is 49.1 Å². The van der Waals surface area contributed by atoms with Crippen LogP contribution in [0.2, 0.25) is 0 Å². The van der Waals surface area contributed by atoms with E-state index in [1.165, 1.54) is 44.6 Å². The Morgan fingerprint density at radius 1 is 1.32 bits per heavy atom. The van der Waals surface area contributed by atoms with Crippen molar-refractivity contribution in [2.45, 2.75) is 25.4 Å². The Bertz CT molecular complexity index is 452. The van der Waals surface area contributed by atoms with E-state index in [1.807, 2.05) is 12.1 Å². The molecule has 1 aromatic rings. The molecule has 0 saturated carbocycles. The number of rotatable bonds is 3. The van der Waals surface area contributed by atoms with E-state index in [9.17, 15) is 0 Å². The molecule has 0 spiro atoms. The quantitative estimate of drug-likeness (QED) is 0.850. The van der Waals surface area contributed by atoms with Crippen LogP contribution in [0.3, 0.4) is 0 Å². The topological polar surface area (TPSA) is 15.7 Å². The van der Waals surface area contributed by atoms with Crippen molar-refractivity contribution in [3.05, 3.63) is 28.2 Å². The van der Waals surface area contributed by atoms with Crippen LogP contribution in [0.4, 0.5) is 0 Å². The third kappa shape index (κ3) is 2.96. The highest BCUT2D eigenvalue weighted by Gasteiger charge is 2.30. The lowest BCUT2D eigenvalue weighted by molar-refractivity contribution is 0.0987. The summed E-state index contributed by atoms with van der Waals surface area (Å²) < 4.78 is 6.60. The lowest BCUT2D eigenvalue weighted by Crippen LogP contribution is -2.49. The lowest BCUT2D eigenvalue weighted by atomic mass is 10.1.